The van der Waals surface area contributed by atoms with Crippen molar-refractivity contribution in [1.82, 2.24) is 10.2 Å². The molecule has 3 saturated heterocycles. The van der Waals surface area contributed by atoms with Crippen LogP contribution in [0.3, 0.4) is 0 Å². The highest BCUT2D eigenvalue weighted by molar-refractivity contribution is 7.99. The van der Waals surface area contributed by atoms with Gasteiger partial charge in [-0.2, -0.15) is 0 Å². The minimum Gasteiger partial charge on any atom is -0.489 e. The van der Waals surface area contributed by atoms with Gasteiger partial charge in [0, 0.05) is 37.2 Å². The van der Waals surface area contributed by atoms with E-state index in [2.05, 4.69) is 47.5 Å². The summed E-state index contributed by atoms with van der Waals surface area (Å²) in [6.45, 7) is 4.28. The Morgan fingerprint density at radius 2 is 1.83 bits per heavy atom. The maximum atomic E-state index is 14.5. The van der Waals surface area contributed by atoms with E-state index < -0.39 is 35.4 Å². The van der Waals surface area contributed by atoms with Gasteiger partial charge in [-0.1, -0.05) is 37.3 Å². The lowest BCUT2D eigenvalue weighted by Gasteiger charge is -2.40. The van der Waals surface area contributed by atoms with E-state index in [1.54, 1.807) is 0 Å². The number of aryl methyl sites for hydroxylation is 1. The fourth-order valence-corrected chi connectivity index (χ4v) is 7.97. The molecule has 6 rings (SSSR count). The number of hydrogen-bond donors (Lipinski definition) is 3. The van der Waals surface area contributed by atoms with Crippen molar-refractivity contribution in [2.75, 3.05) is 33.0 Å². The van der Waals surface area contributed by atoms with Crippen LogP contribution in [0.15, 0.2) is 60.7 Å². The highest BCUT2D eigenvalue weighted by atomic mass is 32.2. The third-order valence-electron chi connectivity index (χ3n) is 9.95. The molecule has 7 nitrogen and oxygen atoms in total. The van der Waals surface area contributed by atoms with E-state index in [1.807, 2.05) is 25.4 Å². The second kappa shape index (κ2) is 15.3. The fourth-order valence-electron chi connectivity index (χ4n) is 7.26. The number of aliphatic hydroxyl groups excluding tert-OH is 2. The normalized spacial score (nSPS) is 30.0. The molecule has 3 N–H and O–H groups in total. The third-order valence-corrected chi connectivity index (χ3v) is 10.8. The Morgan fingerprint density at radius 1 is 1.02 bits per heavy atom. The number of nitrogens with zero attached hydrogens (tertiary/aromatic N) is 1. The Morgan fingerprint density at radius 3 is 2.57 bits per heavy atom. The Kier molecular flexibility index (Phi) is 11.2. The summed E-state index contributed by atoms with van der Waals surface area (Å²) in [5.74, 6) is -0.0749. The second-order valence-corrected chi connectivity index (χ2v) is 13.9. The van der Waals surface area contributed by atoms with Crippen LogP contribution >= 0.6 is 11.8 Å². The van der Waals surface area contributed by atoms with E-state index in [-0.39, 0.29) is 29.9 Å². The highest BCUT2D eigenvalue weighted by Crippen LogP contribution is 2.37. The average molecular weight is 669 g/mol. The molecule has 8 atom stereocenters. The summed E-state index contributed by atoms with van der Waals surface area (Å²) in [5, 5.41) is 23.9. The molecule has 0 spiro atoms. The van der Waals surface area contributed by atoms with Crippen LogP contribution in [0.4, 0.5) is 8.78 Å². The lowest BCUT2D eigenvalue weighted by Crippen LogP contribution is -2.50. The SMILES string of the molecule is CCc1ccc([C@H]2C[C@@H](O)[C@H](O)[C@@H](SC)O2)cc1Cc1ccc(O[C@@H]2CCN([C@H]3CO[C@H](c4cc(F)ccc4F)[C@@H](NC)C3)C2)cc1. The predicted molar refractivity (Wildman–Crippen MR) is 180 cm³/mol. The minimum absolute atomic E-state index is 0.0603. The first-order chi connectivity index (χ1) is 22.8. The van der Waals surface area contributed by atoms with Crippen LogP contribution in [0, 0.1) is 11.6 Å². The zero-order chi connectivity index (χ0) is 33.1. The van der Waals surface area contributed by atoms with Crippen molar-refractivity contribution in [3.63, 3.8) is 0 Å². The van der Waals surface area contributed by atoms with Gasteiger partial charge in [0.15, 0.2) is 0 Å². The number of nitrogens with one attached hydrogen (secondary N) is 1. The van der Waals surface area contributed by atoms with E-state index >= 15 is 0 Å². The molecule has 3 aromatic carbocycles. The predicted octanol–water partition coefficient (Wildman–Crippen LogP) is 5.56. The van der Waals surface area contributed by atoms with Crippen molar-refractivity contribution >= 4 is 11.8 Å². The van der Waals surface area contributed by atoms with E-state index in [0.29, 0.717) is 13.0 Å². The molecule has 3 aromatic rings. The number of hydrogen-bond acceptors (Lipinski definition) is 8. The lowest BCUT2D eigenvalue weighted by molar-refractivity contribution is -0.137. The molecule has 10 heteroatoms. The van der Waals surface area contributed by atoms with Gasteiger partial charge in [-0.3, -0.25) is 4.90 Å². The maximum Gasteiger partial charge on any atom is 0.132 e. The monoisotopic (exact) mass is 668 g/mol. The van der Waals surface area contributed by atoms with Crippen molar-refractivity contribution in [2.45, 2.75) is 87.1 Å². The van der Waals surface area contributed by atoms with Crippen LogP contribution in [0.1, 0.15) is 66.2 Å². The van der Waals surface area contributed by atoms with Crippen LogP contribution in [-0.2, 0) is 22.3 Å². The van der Waals surface area contributed by atoms with Gasteiger partial charge in [-0.25, -0.2) is 8.78 Å². The summed E-state index contributed by atoms with van der Waals surface area (Å²) in [6.07, 6.45) is 3.17. The van der Waals surface area contributed by atoms with Crippen LogP contribution in [-0.4, -0.2) is 83.9 Å². The Balaban J connectivity index is 1.04. The smallest absolute Gasteiger partial charge is 0.132 e. The molecule has 3 fully saturated rings. The molecule has 3 aliphatic heterocycles. The number of thioether (sulfide) groups is 1. The van der Waals surface area contributed by atoms with Crippen LogP contribution in [0.5, 0.6) is 5.75 Å². The molecule has 47 heavy (non-hydrogen) atoms. The summed E-state index contributed by atoms with van der Waals surface area (Å²) in [7, 11) is 1.84. The quantitative estimate of drug-likeness (QED) is 0.259. The molecular weight excluding hydrogens is 622 g/mol. The molecule has 254 valence electrons. The van der Waals surface area contributed by atoms with Crippen molar-refractivity contribution in [3.8, 4) is 5.75 Å². The molecule has 0 amide bonds. The summed E-state index contributed by atoms with van der Waals surface area (Å²) >= 11 is 1.41. The van der Waals surface area contributed by atoms with E-state index in [9.17, 15) is 19.0 Å². The zero-order valence-corrected chi connectivity index (χ0v) is 28.1. The first-order valence-electron chi connectivity index (χ1n) is 16.7. The molecule has 0 aromatic heterocycles. The van der Waals surface area contributed by atoms with Crippen LogP contribution in [0.25, 0.3) is 0 Å². The Labute approximate surface area is 280 Å². The molecule has 0 aliphatic carbocycles. The van der Waals surface area contributed by atoms with Crippen molar-refractivity contribution in [3.05, 3.63) is 100 Å². The van der Waals surface area contributed by atoms with Crippen molar-refractivity contribution in [2.24, 2.45) is 0 Å². The van der Waals surface area contributed by atoms with Gasteiger partial charge in [0.25, 0.3) is 0 Å². The number of likely N-dealkylation sites (N-methyl/N-ethyl adjacent to an activating group) is 1. The Bertz CT molecular complexity index is 1500. The lowest BCUT2D eigenvalue weighted by atomic mass is 9.91. The van der Waals surface area contributed by atoms with Crippen molar-refractivity contribution in [1.29, 1.82) is 0 Å². The van der Waals surface area contributed by atoms with Gasteiger partial charge >= 0.3 is 0 Å². The van der Waals surface area contributed by atoms with Gasteiger partial charge in [-0.05, 0) is 91.6 Å². The standard InChI is InChI=1S/C37H46F2N2O5S/c1-4-23-7-8-24(34-19-33(42)35(43)37(46-34)47-3)16-25(23)15-22-5-10-28(11-6-22)45-29-13-14-41(20-29)27-18-32(40-2)36(44-21-27)30-17-26(38)9-12-31(30)39/h5-12,16-17,27,29,32-37,40,42-43H,4,13-15,18-21H2,1-3H3/t27-,29-,32+,33-,34-,35+,36-,37-/m1/s1. The van der Waals surface area contributed by atoms with E-state index in [1.165, 1.54) is 34.5 Å². The summed E-state index contributed by atoms with van der Waals surface area (Å²) < 4.78 is 47.1. The highest BCUT2D eigenvalue weighted by Gasteiger charge is 2.39. The molecular formula is C37H46F2N2O5S. The van der Waals surface area contributed by atoms with Gasteiger partial charge < -0.3 is 29.7 Å². The number of ether oxygens (including phenoxy) is 3. The van der Waals surface area contributed by atoms with Gasteiger partial charge in [0.1, 0.15) is 41.1 Å². The largest absolute Gasteiger partial charge is 0.489 e. The summed E-state index contributed by atoms with van der Waals surface area (Å²) in [5.41, 5.74) is 4.51. The van der Waals surface area contributed by atoms with Gasteiger partial charge in [0.2, 0.25) is 0 Å². The molecule has 0 unspecified atom stereocenters. The summed E-state index contributed by atoms with van der Waals surface area (Å²) in [6, 6.07) is 18.3. The van der Waals surface area contributed by atoms with Crippen LogP contribution in [0.2, 0.25) is 0 Å². The van der Waals surface area contributed by atoms with E-state index in [4.69, 9.17) is 14.2 Å². The average Bonchev–Trinajstić information content (AvgIpc) is 3.56. The fraction of sp³-hybridized carbons (Fsp3) is 0.514. The van der Waals surface area contributed by atoms with Crippen molar-refractivity contribution < 1.29 is 33.2 Å². The molecule has 3 aliphatic rings. The molecule has 0 saturated carbocycles. The number of rotatable bonds is 10. The third kappa shape index (κ3) is 7.85. The molecule has 3 heterocycles. The minimum atomic E-state index is -0.885. The second-order valence-electron chi connectivity index (χ2n) is 13.0. The first-order valence-corrected chi connectivity index (χ1v) is 17.9. The van der Waals surface area contributed by atoms with Gasteiger partial charge in [-0.15, -0.1) is 11.8 Å². The zero-order valence-electron chi connectivity index (χ0n) is 27.3. The Hall–Kier alpha value is -2.57. The first kappa shape index (κ1) is 34.3. The number of aliphatic hydroxyl groups is 2. The maximum absolute atomic E-state index is 14.5. The number of likely N-dealkylation sites (tertiary alicyclic amines) is 1. The van der Waals surface area contributed by atoms with Gasteiger partial charge in [0.05, 0.1) is 18.8 Å². The molecule has 0 radical (unpaired) electrons. The number of benzene rings is 3. The summed E-state index contributed by atoms with van der Waals surface area (Å²) in [4.78, 5) is 2.39. The van der Waals surface area contributed by atoms with E-state index in [0.717, 1.165) is 62.2 Å². The topological polar surface area (TPSA) is 83.4 Å². The van der Waals surface area contributed by atoms with Crippen LogP contribution < -0.4 is 10.1 Å². The number of halogens is 2. The molecule has 0 bridgehead atoms.